The first-order valence-corrected chi connectivity index (χ1v) is 8.91. The van der Waals surface area contributed by atoms with Crippen LogP contribution in [0.5, 0.6) is 5.75 Å². The summed E-state index contributed by atoms with van der Waals surface area (Å²) in [5.74, 6) is -1.32. The van der Waals surface area contributed by atoms with E-state index in [1.54, 1.807) is 0 Å². The lowest BCUT2D eigenvalue weighted by Gasteiger charge is -2.28. The number of halogens is 3. The Balaban J connectivity index is 1.58. The Morgan fingerprint density at radius 2 is 2.06 bits per heavy atom. The normalized spacial score (nSPS) is 13.3. The first-order valence-electron chi connectivity index (χ1n) is 8.91. The number of carbonyl (C=O) groups is 2. The summed E-state index contributed by atoms with van der Waals surface area (Å²) < 4.78 is 44.0. The largest absolute Gasteiger partial charge is 0.482 e. The third kappa shape index (κ3) is 5.18. The van der Waals surface area contributed by atoms with Crippen molar-refractivity contribution < 1.29 is 32.4 Å². The molecule has 0 fully saturated rings. The van der Waals surface area contributed by atoms with Gasteiger partial charge < -0.3 is 15.4 Å². The predicted molar refractivity (Wildman–Crippen MR) is 102 cm³/mol. The fourth-order valence-corrected chi connectivity index (χ4v) is 2.83. The molecule has 1 aliphatic rings. The lowest BCUT2D eigenvalue weighted by molar-refractivity contribution is -0.384. The number of carbonyl (C=O) groups excluding carboxylic acids is 2. The van der Waals surface area contributed by atoms with Gasteiger partial charge in [0.2, 0.25) is 5.91 Å². The Kier molecular flexibility index (Phi) is 6.22. The molecular weight excluding hydrogens is 423 g/mol. The molecular formula is C18H16F3N5O5. The number of hydrogen-bond acceptors (Lipinski definition) is 7. The molecule has 164 valence electrons. The van der Waals surface area contributed by atoms with Gasteiger partial charge in [0.25, 0.3) is 11.6 Å². The number of nitrogens with zero attached hydrogens (tertiary/aromatic N) is 3. The van der Waals surface area contributed by atoms with Crippen LogP contribution in [0.15, 0.2) is 36.5 Å². The fraction of sp³-hybridized carbons (Fsp3) is 0.278. The molecule has 0 saturated carbocycles. The topological polar surface area (TPSA) is 127 Å². The fourth-order valence-electron chi connectivity index (χ4n) is 2.83. The van der Waals surface area contributed by atoms with Gasteiger partial charge in [0.05, 0.1) is 16.2 Å². The summed E-state index contributed by atoms with van der Waals surface area (Å²) in [6.07, 6.45) is -3.37. The molecule has 13 heteroatoms. The second kappa shape index (κ2) is 8.85. The minimum Gasteiger partial charge on any atom is -0.482 e. The van der Waals surface area contributed by atoms with E-state index in [-0.39, 0.29) is 42.6 Å². The van der Waals surface area contributed by atoms with E-state index in [9.17, 15) is 32.9 Å². The highest BCUT2D eigenvalue weighted by Crippen LogP contribution is 2.35. The van der Waals surface area contributed by atoms with Gasteiger partial charge in [-0.25, -0.2) is 4.98 Å². The van der Waals surface area contributed by atoms with Crippen molar-refractivity contribution in [3.05, 3.63) is 52.2 Å². The molecule has 0 spiro atoms. The highest BCUT2D eigenvalue weighted by molar-refractivity contribution is 6.02. The number of non-ortho nitro benzene ring substituents is 1. The van der Waals surface area contributed by atoms with E-state index < -0.39 is 35.0 Å². The van der Waals surface area contributed by atoms with E-state index >= 15 is 0 Å². The Hall–Kier alpha value is -3.90. The third-order valence-corrected chi connectivity index (χ3v) is 4.25. The van der Waals surface area contributed by atoms with Gasteiger partial charge in [0.15, 0.2) is 6.61 Å². The van der Waals surface area contributed by atoms with Crippen molar-refractivity contribution >= 4 is 29.0 Å². The van der Waals surface area contributed by atoms with Gasteiger partial charge in [-0.05, 0) is 18.2 Å². The summed E-state index contributed by atoms with van der Waals surface area (Å²) in [6.45, 7) is -0.870. The van der Waals surface area contributed by atoms with E-state index in [4.69, 9.17) is 4.74 Å². The highest BCUT2D eigenvalue weighted by atomic mass is 19.4. The van der Waals surface area contributed by atoms with Gasteiger partial charge in [-0.1, -0.05) is 0 Å². The summed E-state index contributed by atoms with van der Waals surface area (Å²) in [4.78, 5) is 39.4. The van der Waals surface area contributed by atoms with Crippen molar-refractivity contribution in [1.29, 1.82) is 0 Å². The van der Waals surface area contributed by atoms with Crippen LogP contribution in [0.1, 0.15) is 5.56 Å². The average molecular weight is 439 g/mol. The quantitative estimate of drug-likeness (QED) is 0.384. The van der Waals surface area contributed by atoms with E-state index in [0.29, 0.717) is 0 Å². The molecule has 2 aromatic rings. The standard InChI is InChI=1S/C18H16F3N5O5/c19-18(20,21)12-2-1-5-23-17(12)24-7-6-22-15(27)9-25-13-8-11(26(29)30)3-4-14(13)31-10-16(25)28/h1-5,8H,6-7,9-10H2,(H,22,27)(H,23,24). The number of alkyl halides is 3. The van der Waals surface area contributed by atoms with Crippen LogP contribution in [0.3, 0.4) is 0 Å². The molecule has 0 aliphatic carbocycles. The predicted octanol–water partition coefficient (Wildman–Crippen LogP) is 1.96. The molecule has 3 rings (SSSR count). The zero-order chi connectivity index (χ0) is 22.6. The maximum atomic E-state index is 12.9. The summed E-state index contributed by atoms with van der Waals surface area (Å²) >= 11 is 0. The maximum absolute atomic E-state index is 12.9. The molecule has 0 saturated heterocycles. The van der Waals surface area contributed by atoms with Gasteiger partial charge in [0.1, 0.15) is 18.1 Å². The smallest absolute Gasteiger partial charge is 0.419 e. The molecule has 0 radical (unpaired) electrons. The van der Waals surface area contributed by atoms with Crippen LogP contribution in [0.4, 0.5) is 30.4 Å². The Labute approximate surface area is 173 Å². The van der Waals surface area contributed by atoms with Crippen molar-refractivity contribution in [2.24, 2.45) is 0 Å². The highest BCUT2D eigenvalue weighted by Gasteiger charge is 2.34. The molecule has 10 nitrogen and oxygen atoms in total. The van der Waals surface area contributed by atoms with Gasteiger partial charge in [-0.3, -0.25) is 24.6 Å². The van der Waals surface area contributed by atoms with Gasteiger partial charge in [-0.15, -0.1) is 0 Å². The van der Waals surface area contributed by atoms with Crippen LogP contribution in [-0.4, -0.2) is 48.0 Å². The molecule has 2 heterocycles. The molecule has 1 aromatic heterocycles. The van der Waals surface area contributed by atoms with Crippen LogP contribution in [0, 0.1) is 10.1 Å². The number of nitrogens with one attached hydrogen (secondary N) is 2. The molecule has 2 amide bonds. The number of aromatic nitrogens is 1. The minimum absolute atomic E-state index is 0.0486. The van der Waals surface area contributed by atoms with Crippen molar-refractivity contribution in [2.75, 3.05) is 36.5 Å². The van der Waals surface area contributed by atoms with E-state index in [1.807, 2.05) is 0 Å². The number of hydrogen-bond donors (Lipinski definition) is 2. The number of amides is 2. The first kappa shape index (κ1) is 21.8. The molecule has 31 heavy (non-hydrogen) atoms. The Bertz CT molecular complexity index is 1010. The first-order chi connectivity index (χ1) is 14.7. The molecule has 1 aromatic carbocycles. The lowest BCUT2D eigenvalue weighted by atomic mass is 10.2. The maximum Gasteiger partial charge on any atom is 0.419 e. The van der Waals surface area contributed by atoms with Gasteiger partial charge in [0, 0.05) is 31.4 Å². The van der Waals surface area contributed by atoms with Crippen LogP contribution in [-0.2, 0) is 15.8 Å². The number of anilines is 2. The van der Waals surface area contributed by atoms with Crippen molar-refractivity contribution in [2.45, 2.75) is 6.18 Å². The summed E-state index contributed by atoms with van der Waals surface area (Å²) in [5, 5.41) is 15.9. The third-order valence-electron chi connectivity index (χ3n) is 4.25. The van der Waals surface area contributed by atoms with E-state index in [2.05, 4.69) is 15.6 Å². The van der Waals surface area contributed by atoms with Crippen LogP contribution < -0.4 is 20.3 Å². The number of rotatable bonds is 7. The Morgan fingerprint density at radius 1 is 1.29 bits per heavy atom. The van der Waals surface area contributed by atoms with Gasteiger partial charge >= 0.3 is 6.18 Å². The summed E-state index contributed by atoms with van der Waals surface area (Å²) in [5.41, 5.74) is -1.12. The monoisotopic (exact) mass is 439 g/mol. The lowest BCUT2D eigenvalue weighted by Crippen LogP contribution is -2.45. The molecule has 1 aliphatic heterocycles. The molecule has 0 unspecified atom stereocenters. The number of nitro groups is 1. The minimum atomic E-state index is -4.58. The van der Waals surface area contributed by atoms with Crippen molar-refractivity contribution in [1.82, 2.24) is 10.3 Å². The summed E-state index contributed by atoms with van der Waals surface area (Å²) in [7, 11) is 0. The second-order valence-electron chi connectivity index (χ2n) is 6.35. The SMILES string of the molecule is O=C(CN1C(=O)COc2ccc([N+](=O)[O-])cc21)NCCNc1ncccc1C(F)(F)F. The zero-order valence-electron chi connectivity index (χ0n) is 15.8. The van der Waals surface area contributed by atoms with Crippen LogP contribution in [0.2, 0.25) is 0 Å². The molecule has 2 N–H and O–H groups in total. The van der Waals surface area contributed by atoms with Crippen molar-refractivity contribution in [3.8, 4) is 5.75 Å². The number of fused-ring (bicyclic) bond motifs is 1. The van der Waals surface area contributed by atoms with Gasteiger partial charge in [-0.2, -0.15) is 13.2 Å². The second-order valence-corrected chi connectivity index (χ2v) is 6.35. The number of pyridine rings is 1. The average Bonchev–Trinajstić information content (AvgIpc) is 2.72. The zero-order valence-corrected chi connectivity index (χ0v) is 15.8. The Morgan fingerprint density at radius 3 is 2.77 bits per heavy atom. The molecule has 0 atom stereocenters. The summed E-state index contributed by atoms with van der Waals surface area (Å²) in [6, 6.07) is 5.72. The number of ether oxygens (including phenoxy) is 1. The van der Waals surface area contributed by atoms with E-state index in [0.717, 1.165) is 23.1 Å². The van der Waals surface area contributed by atoms with Crippen LogP contribution >= 0.6 is 0 Å². The molecule has 0 bridgehead atoms. The van der Waals surface area contributed by atoms with Crippen LogP contribution in [0.25, 0.3) is 0 Å². The number of benzene rings is 1. The van der Waals surface area contributed by atoms with Crippen molar-refractivity contribution in [3.63, 3.8) is 0 Å². The van der Waals surface area contributed by atoms with E-state index in [1.165, 1.54) is 18.3 Å². The number of nitro benzene ring substituents is 1.